The summed E-state index contributed by atoms with van der Waals surface area (Å²) in [6, 6.07) is 0. The second-order valence-electron chi connectivity index (χ2n) is 9.97. The van der Waals surface area contributed by atoms with E-state index >= 15 is 0 Å². The van der Waals surface area contributed by atoms with Crippen LogP contribution in [-0.4, -0.2) is 49.3 Å². The molecule has 0 aromatic carbocycles. The lowest BCUT2D eigenvalue weighted by Crippen LogP contribution is -2.29. The molecule has 0 aliphatic carbocycles. The van der Waals surface area contributed by atoms with Crippen molar-refractivity contribution < 1.29 is 37.6 Å². The fourth-order valence-corrected chi connectivity index (χ4v) is 4.54. The molecule has 0 bridgehead atoms. The van der Waals surface area contributed by atoms with Crippen molar-refractivity contribution in [2.45, 2.75) is 129 Å². The number of unbranched alkanes of at least 4 members (excludes halogenated alkanes) is 11. The molecule has 0 saturated heterocycles. The number of hydrogen-bond acceptors (Lipinski definition) is 8. The first-order valence-corrected chi connectivity index (χ1v) is 16.8. The number of phosphoric ester groups is 1. The Balaban J connectivity index is 4.18. The Kier molecular flexibility index (Phi) is 26.6. The normalized spacial score (nSPS) is 14.0. The molecule has 40 heavy (non-hydrogen) atoms. The zero-order chi connectivity index (χ0) is 29.7. The van der Waals surface area contributed by atoms with E-state index in [-0.39, 0.29) is 32.6 Å². The van der Waals surface area contributed by atoms with E-state index in [0.717, 1.165) is 51.4 Å². The SMILES string of the molecule is CCCCCC/C=C\C/C=C\CCCCCCCC(=O)OC(COC(=O)CCCCC)COP(=O)(O)OCCN. The molecule has 234 valence electrons. The number of ether oxygens (including phenoxy) is 2. The van der Waals surface area contributed by atoms with Gasteiger partial charge in [0.1, 0.15) is 6.61 Å². The van der Waals surface area contributed by atoms with E-state index in [1.54, 1.807) is 0 Å². The summed E-state index contributed by atoms with van der Waals surface area (Å²) in [5, 5.41) is 0. The fraction of sp³-hybridized carbons (Fsp3) is 0.800. The van der Waals surface area contributed by atoms with Gasteiger partial charge in [0.2, 0.25) is 0 Å². The fourth-order valence-electron chi connectivity index (χ4n) is 3.78. The standard InChI is InChI=1S/C30H56NO8P/c1-3-5-7-8-9-10-11-12-13-14-15-16-17-18-19-21-23-30(33)39-28(26-36-29(32)22-20-6-4-2)27-38-40(34,35)37-25-24-31/h10-11,13-14,28H,3-9,12,15-27,31H2,1-2H3,(H,34,35)/b11-10-,14-13-. The minimum Gasteiger partial charge on any atom is -0.462 e. The van der Waals surface area contributed by atoms with Crippen LogP contribution in [0.1, 0.15) is 123 Å². The molecule has 0 spiro atoms. The molecule has 0 aliphatic rings. The lowest BCUT2D eigenvalue weighted by Gasteiger charge is -2.19. The first kappa shape index (κ1) is 38.5. The quantitative estimate of drug-likeness (QED) is 0.0416. The summed E-state index contributed by atoms with van der Waals surface area (Å²) in [7, 11) is -4.35. The number of rotatable bonds is 28. The first-order valence-electron chi connectivity index (χ1n) is 15.3. The van der Waals surface area contributed by atoms with Crippen molar-refractivity contribution in [2.75, 3.05) is 26.4 Å². The van der Waals surface area contributed by atoms with Gasteiger partial charge in [-0.05, 0) is 44.9 Å². The van der Waals surface area contributed by atoms with Crippen molar-refractivity contribution in [1.82, 2.24) is 0 Å². The van der Waals surface area contributed by atoms with Crippen LogP contribution in [0.5, 0.6) is 0 Å². The molecule has 0 aromatic heterocycles. The van der Waals surface area contributed by atoms with Crippen molar-refractivity contribution in [3.05, 3.63) is 24.3 Å². The topological polar surface area (TPSA) is 134 Å². The van der Waals surface area contributed by atoms with Crippen LogP contribution in [0.15, 0.2) is 24.3 Å². The molecule has 2 unspecified atom stereocenters. The van der Waals surface area contributed by atoms with Crippen LogP contribution in [-0.2, 0) is 32.7 Å². The Morgan fingerprint density at radius 2 is 1.30 bits per heavy atom. The zero-order valence-electron chi connectivity index (χ0n) is 25.1. The molecule has 0 aromatic rings. The lowest BCUT2D eigenvalue weighted by atomic mass is 10.1. The van der Waals surface area contributed by atoms with Crippen LogP contribution in [0.4, 0.5) is 0 Å². The predicted octanol–water partition coefficient (Wildman–Crippen LogP) is 7.32. The van der Waals surface area contributed by atoms with Gasteiger partial charge in [-0.2, -0.15) is 0 Å². The maximum absolute atomic E-state index is 12.3. The second-order valence-corrected chi connectivity index (χ2v) is 11.4. The highest BCUT2D eigenvalue weighted by Crippen LogP contribution is 2.43. The molecule has 0 radical (unpaired) electrons. The van der Waals surface area contributed by atoms with Gasteiger partial charge in [-0.15, -0.1) is 0 Å². The Labute approximate surface area is 242 Å². The van der Waals surface area contributed by atoms with Gasteiger partial charge in [-0.3, -0.25) is 18.6 Å². The van der Waals surface area contributed by atoms with Gasteiger partial charge < -0.3 is 20.1 Å². The average molecular weight is 590 g/mol. The molecule has 0 saturated carbocycles. The van der Waals surface area contributed by atoms with E-state index in [4.69, 9.17) is 24.3 Å². The zero-order valence-corrected chi connectivity index (χ0v) is 26.0. The summed E-state index contributed by atoms with van der Waals surface area (Å²) in [5.41, 5.74) is 5.28. The summed E-state index contributed by atoms with van der Waals surface area (Å²) in [5.74, 6) is -0.877. The van der Waals surface area contributed by atoms with E-state index < -0.39 is 32.5 Å². The van der Waals surface area contributed by atoms with Gasteiger partial charge >= 0.3 is 19.8 Å². The van der Waals surface area contributed by atoms with Crippen LogP contribution in [0, 0.1) is 0 Å². The van der Waals surface area contributed by atoms with Crippen LogP contribution in [0.25, 0.3) is 0 Å². The summed E-state index contributed by atoms with van der Waals surface area (Å²) >= 11 is 0. The summed E-state index contributed by atoms with van der Waals surface area (Å²) < 4.78 is 32.1. The number of hydrogen-bond donors (Lipinski definition) is 2. The minimum absolute atomic E-state index is 0.0509. The van der Waals surface area contributed by atoms with Crippen molar-refractivity contribution in [1.29, 1.82) is 0 Å². The molecular weight excluding hydrogens is 533 g/mol. The van der Waals surface area contributed by atoms with Crippen LogP contribution in [0.2, 0.25) is 0 Å². The van der Waals surface area contributed by atoms with E-state index in [1.165, 1.54) is 32.1 Å². The third kappa shape index (κ3) is 26.7. The van der Waals surface area contributed by atoms with Gasteiger partial charge in [0.05, 0.1) is 13.2 Å². The van der Waals surface area contributed by atoms with Crippen LogP contribution < -0.4 is 5.73 Å². The van der Waals surface area contributed by atoms with E-state index in [0.29, 0.717) is 12.8 Å². The third-order valence-electron chi connectivity index (χ3n) is 6.09. The van der Waals surface area contributed by atoms with Gasteiger partial charge in [0.25, 0.3) is 0 Å². The number of carbonyl (C=O) groups excluding carboxylic acids is 2. The van der Waals surface area contributed by atoms with E-state index in [2.05, 4.69) is 31.2 Å². The van der Waals surface area contributed by atoms with Crippen molar-refractivity contribution >= 4 is 19.8 Å². The molecule has 0 amide bonds. The van der Waals surface area contributed by atoms with Crippen LogP contribution >= 0.6 is 7.82 Å². The Hall–Kier alpha value is -1.51. The minimum atomic E-state index is -4.35. The molecule has 10 heteroatoms. The summed E-state index contributed by atoms with van der Waals surface area (Å²) in [6.45, 7) is 3.47. The molecule has 0 rings (SSSR count). The van der Waals surface area contributed by atoms with Crippen molar-refractivity contribution in [3.63, 3.8) is 0 Å². The molecule has 9 nitrogen and oxygen atoms in total. The summed E-state index contributed by atoms with van der Waals surface area (Å²) in [4.78, 5) is 34.0. The van der Waals surface area contributed by atoms with Gasteiger partial charge in [0.15, 0.2) is 6.10 Å². The maximum atomic E-state index is 12.3. The van der Waals surface area contributed by atoms with Crippen LogP contribution in [0.3, 0.4) is 0 Å². The highest BCUT2D eigenvalue weighted by Gasteiger charge is 2.25. The molecule has 2 atom stereocenters. The Morgan fingerprint density at radius 1 is 0.750 bits per heavy atom. The van der Waals surface area contributed by atoms with Gasteiger partial charge in [-0.1, -0.05) is 89.5 Å². The van der Waals surface area contributed by atoms with E-state index in [9.17, 15) is 19.0 Å². The number of phosphoric acid groups is 1. The molecular formula is C30H56NO8P. The average Bonchev–Trinajstić information content (AvgIpc) is 2.93. The summed E-state index contributed by atoms with van der Waals surface area (Å²) in [6.07, 6.45) is 24.4. The number of allylic oxidation sites excluding steroid dienone is 4. The Morgan fingerprint density at radius 3 is 1.95 bits per heavy atom. The number of carbonyl (C=O) groups is 2. The molecule has 3 N–H and O–H groups in total. The molecule has 0 aliphatic heterocycles. The number of esters is 2. The Bertz CT molecular complexity index is 728. The van der Waals surface area contributed by atoms with Crippen molar-refractivity contribution in [3.8, 4) is 0 Å². The molecule has 0 heterocycles. The predicted molar refractivity (Wildman–Crippen MR) is 160 cm³/mol. The highest BCUT2D eigenvalue weighted by molar-refractivity contribution is 7.47. The monoisotopic (exact) mass is 589 g/mol. The first-order chi connectivity index (χ1) is 19.3. The van der Waals surface area contributed by atoms with Gasteiger partial charge in [-0.25, -0.2) is 4.57 Å². The van der Waals surface area contributed by atoms with Crippen molar-refractivity contribution in [2.24, 2.45) is 5.73 Å². The largest absolute Gasteiger partial charge is 0.472 e. The molecule has 0 fully saturated rings. The van der Waals surface area contributed by atoms with Gasteiger partial charge in [0, 0.05) is 19.4 Å². The maximum Gasteiger partial charge on any atom is 0.472 e. The van der Waals surface area contributed by atoms with E-state index in [1.807, 2.05) is 6.92 Å². The lowest BCUT2D eigenvalue weighted by molar-refractivity contribution is -0.161. The second kappa shape index (κ2) is 27.6. The highest BCUT2D eigenvalue weighted by atomic mass is 31.2. The third-order valence-corrected chi connectivity index (χ3v) is 7.07. The smallest absolute Gasteiger partial charge is 0.462 e. The number of nitrogens with two attached hydrogens (primary N) is 1.